The van der Waals surface area contributed by atoms with Gasteiger partial charge in [-0.1, -0.05) is 12.1 Å². The van der Waals surface area contributed by atoms with Crippen molar-refractivity contribution in [2.75, 3.05) is 47.6 Å². The zero-order valence-electron chi connectivity index (χ0n) is 17.5. The van der Waals surface area contributed by atoms with Gasteiger partial charge in [0.1, 0.15) is 23.3 Å². The molecule has 0 saturated heterocycles. The first kappa shape index (κ1) is 21.8. The predicted octanol–water partition coefficient (Wildman–Crippen LogP) is 3.27. The topological polar surface area (TPSA) is 81.4 Å². The minimum atomic E-state index is -0.150. The van der Waals surface area contributed by atoms with Crippen LogP contribution in [-0.4, -0.2) is 57.6 Å². The molecule has 0 amide bonds. The van der Waals surface area contributed by atoms with Gasteiger partial charge in [0.15, 0.2) is 0 Å². The number of aromatic hydroxyl groups is 1. The quantitative estimate of drug-likeness (QED) is 0.546. The summed E-state index contributed by atoms with van der Waals surface area (Å²) >= 11 is 0. The van der Waals surface area contributed by atoms with Crippen molar-refractivity contribution in [3.8, 4) is 22.6 Å². The van der Waals surface area contributed by atoms with Gasteiger partial charge >= 0.3 is 0 Å². The molecule has 0 atom stereocenters. The smallest absolute Gasteiger partial charge is 0.200 e. The van der Waals surface area contributed by atoms with Crippen molar-refractivity contribution in [1.82, 2.24) is 4.90 Å². The summed E-state index contributed by atoms with van der Waals surface area (Å²) in [7, 11) is 4.88. The maximum absolute atomic E-state index is 13.2. The number of nitrogens with zero attached hydrogens (tertiary/aromatic N) is 1. The van der Waals surface area contributed by atoms with E-state index < -0.39 is 0 Å². The number of methoxy groups -OCH3 is 3. The molecular weight excluding hydrogens is 386 g/mol. The number of phenolic OH excluding ortho intramolecular Hbond substituents is 1. The zero-order valence-corrected chi connectivity index (χ0v) is 17.5. The predicted molar refractivity (Wildman–Crippen MR) is 115 cm³/mol. The van der Waals surface area contributed by atoms with Gasteiger partial charge in [0.2, 0.25) is 5.43 Å². The van der Waals surface area contributed by atoms with E-state index in [0.29, 0.717) is 60.7 Å². The summed E-state index contributed by atoms with van der Waals surface area (Å²) < 4.78 is 21.4. The maximum atomic E-state index is 13.2. The molecule has 0 unspecified atom stereocenters. The van der Waals surface area contributed by atoms with Crippen LogP contribution in [0.5, 0.6) is 11.5 Å². The van der Waals surface area contributed by atoms with E-state index in [1.165, 1.54) is 12.3 Å². The summed E-state index contributed by atoms with van der Waals surface area (Å²) in [6.07, 6.45) is 1.45. The zero-order chi connectivity index (χ0) is 21.5. The number of hydrogen-bond acceptors (Lipinski definition) is 7. The second kappa shape index (κ2) is 10.2. The highest BCUT2D eigenvalue weighted by Crippen LogP contribution is 2.29. The molecule has 160 valence electrons. The van der Waals surface area contributed by atoms with Crippen LogP contribution in [0.4, 0.5) is 0 Å². The van der Waals surface area contributed by atoms with Crippen LogP contribution in [0.25, 0.3) is 22.1 Å². The molecule has 2 aromatic carbocycles. The Hall–Kier alpha value is -2.87. The Morgan fingerprint density at radius 3 is 2.23 bits per heavy atom. The molecule has 7 heteroatoms. The van der Waals surface area contributed by atoms with Crippen LogP contribution in [0.3, 0.4) is 0 Å². The molecule has 0 saturated carbocycles. The molecule has 3 aromatic rings. The molecule has 30 heavy (non-hydrogen) atoms. The minimum Gasteiger partial charge on any atom is -0.507 e. The van der Waals surface area contributed by atoms with E-state index in [1.54, 1.807) is 39.5 Å². The SMILES string of the molecule is COCCN(CCOC)Cc1c(O)ccc2c(=O)c(-c3ccc(OC)cc3)coc12. The minimum absolute atomic E-state index is 0.0858. The summed E-state index contributed by atoms with van der Waals surface area (Å²) in [6, 6.07) is 10.4. The summed E-state index contributed by atoms with van der Waals surface area (Å²) in [5.74, 6) is 0.797. The van der Waals surface area contributed by atoms with E-state index in [1.807, 2.05) is 12.1 Å². The number of benzene rings is 2. The largest absolute Gasteiger partial charge is 0.507 e. The van der Waals surface area contributed by atoms with E-state index in [4.69, 9.17) is 18.6 Å². The van der Waals surface area contributed by atoms with Crippen LogP contribution in [0, 0.1) is 0 Å². The van der Waals surface area contributed by atoms with Crippen molar-refractivity contribution in [3.05, 3.63) is 58.4 Å². The van der Waals surface area contributed by atoms with Gasteiger partial charge in [0.25, 0.3) is 0 Å². The van der Waals surface area contributed by atoms with E-state index in [-0.39, 0.29) is 11.2 Å². The molecule has 3 rings (SSSR count). The summed E-state index contributed by atoms with van der Waals surface area (Å²) in [5.41, 5.74) is 2.00. The maximum Gasteiger partial charge on any atom is 0.200 e. The fourth-order valence-electron chi connectivity index (χ4n) is 3.30. The normalized spacial score (nSPS) is 11.3. The molecule has 0 aliphatic rings. The van der Waals surface area contributed by atoms with Crippen molar-refractivity contribution < 1.29 is 23.7 Å². The monoisotopic (exact) mass is 413 g/mol. The Kier molecular flexibility index (Phi) is 7.46. The van der Waals surface area contributed by atoms with Crippen molar-refractivity contribution >= 4 is 11.0 Å². The summed E-state index contributed by atoms with van der Waals surface area (Å²) in [5, 5.41) is 10.9. The lowest BCUT2D eigenvalue weighted by Crippen LogP contribution is -2.30. The molecule has 0 aliphatic heterocycles. The Morgan fingerprint density at radius 2 is 1.63 bits per heavy atom. The van der Waals surface area contributed by atoms with E-state index in [2.05, 4.69) is 4.90 Å². The lowest BCUT2D eigenvalue weighted by atomic mass is 10.0. The first-order valence-corrected chi connectivity index (χ1v) is 9.70. The van der Waals surface area contributed by atoms with Crippen LogP contribution in [0.2, 0.25) is 0 Å². The average Bonchev–Trinajstić information content (AvgIpc) is 2.77. The van der Waals surface area contributed by atoms with Crippen LogP contribution in [-0.2, 0) is 16.0 Å². The Morgan fingerprint density at radius 1 is 0.967 bits per heavy atom. The molecule has 0 aliphatic carbocycles. The number of rotatable bonds is 10. The summed E-state index contributed by atoms with van der Waals surface area (Å²) in [4.78, 5) is 15.2. The molecule has 1 heterocycles. The third-order valence-electron chi connectivity index (χ3n) is 5.03. The highest BCUT2D eigenvalue weighted by molar-refractivity contribution is 5.85. The Bertz CT molecular complexity index is 1020. The van der Waals surface area contributed by atoms with Crippen molar-refractivity contribution in [3.63, 3.8) is 0 Å². The fraction of sp³-hybridized carbons (Fsp3) is 0.348. The molecule has 0 fully saturated rings. The third kappa shape index (κ3) is 4.81. The average molecular weight is 413 g/mol. The second-order valence-electron chi connectivity index (χ2n) is 6.91. The van der Waals surface area contributed by atoms with Gasteiger partial charge < -0.3 is 23.7 Å². The van der Waals surface area contributed by atoms with E-state index in [9.17, 15) is 9.90 Å². The Labute approximate surface area is 175 Å². The van der Waals surface area contributed by atoms with Crippen molar-refractivity contribution in [1.29, 1.82) is 0 Å². The van der Waals surface area contributed by atoms with Gasteiger partial charge in [-0.05, 0) is 29.8 Å². The standard InChI is InChI=1S/C23H27NO6/c1-27-12-10-24(11-13-28-2)14-19-21(25)9-8-18-22(26)20(15-30-23(18)19)16-4-6-17(29-3)7-5-16/h4-9,15,25H,10-14H2,1-3H3. The fourth-order valence-corrected chi connectivity index (χ4v) is 3.30. The van der Waals surface area contributed by atoms with E-state index >= 15 is 0 Å². The Balaban J connectivity index is 2.00. The highest BCUT2D eigenvalue weighted by atomic mass is 16.5. The lowest BCUT2D eigenvalue weighted by molar-refractivity contribution is 0.110. The molecule has 1 aromatic heterocycles. The number of fused-ring (bicyclic) bond motifs is 1. The third-order valence-corrected chi connectivity index (χ3v) is 5.03. The van der Waals surface area contributed by atoms with Gasteiger partial charge in [0, 0.05) is 33.9 Å². The van der Waals surface area contributed by atoms with E-state index in [0.717, 1.165) is 5.56 Å². The molecular formula is C23H27NO6. The van der Waals surface area contributed by atoms with Gasteiger partial charge in [-0.25, -0.2) is 0 Å². The first-order chi connectivity index (χ1) is 14.6. The van der Waals surface area contributed by atoms with Crippen LogP contribution in [0.1, 0.15) is 5.56 Å². The van der Waals surface area contributed by atoms with Gasteiger partial charge in [-0.3, -0.25) is 9.69 Å². The number of ether oxygens (including phenoxy) is 3. The lowest BCUT2D eigenvalue weighted by Gasteiger charge is -2.22. The van der Waals surface area contributed by atoms with Gasteiger partial charge in [-0.2, -0.15) is 0 Å². The number of hydrogen-bond donors (Lipinski definition) is 1. The van der Waals surface area contributed by atoms with Crippen molar-refractivity contribution in [2.45, 2.75) is 6.54 Å². The van der Waals surface area contributed by atoms with Gasteiger partial charge in [0.05, 0.1) is 36.8 Å². The summed E-state index contributed by atoms with van der Waals surface area (Å²) in [6.45, 7) is 2.80. The molecule has 7 nitrogen and oxygen atoms in total. The number of phenols is 1. The molecule has 0 radical (unpaired) electrons. The van der Waals surface area contributed by atoms with Crippen LogP contribution in [0.15, 0.2) is 51.9 Å². The van der Waals surface area contributed by atoms with Gasteiger partial charge in [-0.15, -0.1) is 0 Å². The molecule has 1 N–H and O–H groups in total. The van der Waals surface area contributed by atoms with Crippen LogP contribution < -0.4 is 10.2 Å². The molecule has 0 spiro atoms. The first-order valence-electron chi connectivity index (χ1n) is 9.70. The van der Waals surface area contributed by atoms with Crippen molar-refractivity contribution in [2.24, 2.45) is 0 Å². The van der Waals surface area contributed by atoms with Crippen LogP contribution >= 0.6 is 0 Å². The second-order valence-corrected chi connectivity index (χ2v) is 6.91. The highest BCUT2D eigenvalue weighted by Gasteiger charge is 2.17. The molecule has 0 bridgehead atoms.